The fourth-order valence-corrected chi connectivity index (χ4v) is 9.28. The second-order valence-electron chi connectivity index (χ2n) is 6.62. The minimum atomic E-state index is -1.91. The summed E-state index contributed by atoms with van der Waals surface area (Å²) in [7, 11) is -1.91. The van der Waals surface area contributed by atoms with Gasteiger partial charge in [-0.15, -0.1) is 11.6 Å². The van der Waals surface area contributed by atoms with Crippen LogP contribution in [-0.2, 0) is 6.42 Å². The Morgan fingerprint density at radius 1 is 1.00 bits per heavy atom. The van der Waals surface area contributed by atoms with E-state index in [1.54, 1.807) is 0 Å². The van der Waals surface area contributed by atoms with Crippen molar-refractivity contribution < 1.29 is 4.43 Å². The summed E-state index contributed by atoms with van der Waals surface area (Å²) in [6, 6.07) is 8.32. The molecule has 0 amide bonds. The summed E-state index contributed by atoms with van der Waals surface area (Å²) in [6.45, 7) is 13.9. The number of halogens is 2. The highest BCUT2D eigenvalue weighted by Crippen LogP contribution is 2.43. The predicted octanol–water partition coefficient (Wildman–Crippen LogP) is 6.74. The van der Waals surface area contributed by atoms with Crippen LogP contribution in [-0.4, -0.2) is 12.6 Å². The highest BCUT2D eigenvalue weighted by molar-refractivity contribution is 9.10. The van der Waals surface area contributed by atoms with Gasteiger partial charge in [-0.05, 0) is 28.3 Å². The number of benzene rings is 1. The maximum atomic E-state index is 6.78. The zero-order valence-corrected chi connectivity index (χ0v) is 17.3. The van der Waals surface area contributed by atoms with E-state index in [1.165, 1.54) is 5.56 Å². The smallest absolute Gasteiger partial charge is 0.258 e. The fourth-order valence-electron chi connectivity index (χ4n) is 3.48. The Morgan fingerprint density at radius 2 is 1.48 bits per heavy atom. The van der Waals surface area contributed by atoms with Crippen LogP contribution in [0.2, 0.25) is 16.6 Å². The van der Waals surface area contributed by atoms with Crippen LogP contribution in [0.3, 0.4) is 0 Å². The third-order valence-corrected chi connectivity index (χ3v) is 10.8. The first-order valence-electron chi connectivity index (χ1n) is 7.76. The van der Waals surface area contributed by atoms with Gasteiger partial charge in [0.25, 0.3) is 8.32 Å². The van der Waals surface area contributed by atoms with E-state index in [1.807, 2.05) is 0 Å². The number of alkyl halides is 2. The first kappa shape index (κ1) is 19.1. The Kier molecular flexibility index (Phi) is 7.28. The van der Waals surface area contributed by atoms with Gasteiger partial charge in [-0.3, -0.25) is 0 Å². The van der Waals surface area contributed by atoms with Gasteiger partial charge in [0.2, 0.25) is 0 Å². The summed E-state index contributed by atoms with van der Waals surface area (Å²) < 4.78 is 6.72. The van der Waals surface area contributed by atoms with Gasteiger partial charge < -0.3 is 4.43 Å². The first-order chi connectivity index (χ1) is 9.71. The Morgan fingerprint density at radius 3 is 1.90 bits per heavy atom. The molecule has 0 fully saturated rings. The molecular formula is C17H28BrClOSi. The molecule has 0 N–H and O–H groups in total. The standard InChI is InChI=1S/C17H28BrClOSi/c1-12(2)21(13(3)4,14(5)6)20-16-10-8-7-9-15(16)11-17(18)19/h7-10,12-14,17H,11H2,1-6H3/t17-/m1/s1. The molecule has 120 valence electrons. The van der Waals surface area contributed by atoms with Crippen molar-refractivity contribution in [2.75, 3.05) is 0 Å². The van der Waals surface area contributed by atoms with E-state index in [0.717, 1.165) is 12.2 Å². The third kappa shape index (κ3) is 4.49. The van der Waals surface area contributed by atoms with Crippen LogP contribution < -0.4 is 4.43 Å². The van der Waals surface area contributed by atoms with E-state index in [9.17, 15) is 0 Å². The summed E-state index contributed by atoms with van der Waals surface area (Å²) in [4.78, 5) is 0. The first-order valence-corrected chi connectivity index (χ1v) is 11.3. The average molecular weight is 392 g/mol. The summed E-state index contributed by atoms with van der Waals surface area (Å²) in [6.07, 6.45) is 0.774. The van der Waals surface area contributed by atoms with Crippen molar-refractivity contribution in [3.63, 3.8) is 0 Å². The van der Waals surface area contributed by atoms with Gasteiger partial charge in [0, 0.05) is 6.42 Å². The number of hydrogen-bond donors (Lipinski definition) is 0. The molecule has 1 aromatic carbocycles. The van der Waals surface area contributed by atoms with Crippen LogP contribution in [0.4, 0.5) is 0 Å². The number of hydrogen-bond acceptors (Lipinski definition) is 1. The third-order valence-electron chi connectivity index (χ3n) is 4.34. The molecule has 1 nitrogen and oxygen atoms in total. The van der Waals surface area contributed by atoms with E-state index in [2.05, 4.69) is 81.7 Å². The maximum Gasteiger partial charge on any atom is 0.258 e. The second-order valence-corrected chi connectivity index (χ2v) is 14.2. The fraction of sp³-hybridized carbons (Fsp3) is 0.647. The normalized spacial score (nSPS) is 14.0. The molecule has 1 aromatic rings. The lowest BCUT2D eigenvalue weighted by Crippen LogP contribution is -2.50. The van der Waals surface area contributed by atoms with Crippen molar-refractivity contribution in [3.05, 3.63) is 29.8 Å². The molecule has 0 spiro atoms. The molecule has 0 aliphatic heterocycles. The van der Waals surface area contributed by atoms with E-state index in [-0.39, 0.29) is 4.29 Å². The molecule has 1 rings (SSSR count). The molecule has 0 aliphatic carbocycles. The number of rotatable bonds is 7. The average Bonchev–Trinajstić information content (AvgIpc) is 2.35. The minimum absolute atomic E-state index is 0.0598. The number of para-hydroxylation sites is 1. The van der Waals surface area contributed by atoms with Crippen molar-refractivity contribution >= 4 is 35.8 Å². The Balaban J connectivity index is 3.21. The zero-order chi connectivity index (χ0) is 16.2. The summed E-state index contributed by atoms with van der Waals surface area (Å²) in [5.74, 6) is 1.02. The molecule has 0 unspecified atom stereocenters. The SMILES string of the molecule is CC(C)[Si](Oc1ccccc1C[C@@H](Cl)Br)(C(C)C)C(C)C. The van der Waals surface area contributed by atoms with Crippen molar-refractivity contribution in [1.29, 1.82) is 0 Å². The van der Waals surface area contributed by atoms with E-state index >= 15 is 0 Å². The predicted molar refractivity (Wildman–Crippen MR) is 100 cm³/mol. The lowest BCUT2D eigenvalue weighted by Gasteiger charge is -2.42. The van der Waals surface area contributed by atoms with Crippen molar-refractivity contribution in [2.24, 2.45) is 0 Å². The van der Waals surface area contributed by atoms with Crippen LogP contribution in [0.1, 0.15) is 47.1 Å². The van der Waals surface area contributed by atoms with Gasteiger partial charge in [-0.25, -0.2) is 0 Å². The Labute approximate surface area is 144 Å². The van der Waals surface area contributed by atoms with Gasteiger partial charge in [0.15, 0.2) is 0 Å². The largest absolute Gasteiger partial charge is 0.543 e. The summed E-state index contributed by atoms with van der Waals surface area (Å²) >= 11 is 9.55. The highest BCUT2D eigenvalue weighted by Gasteiger charge is 2.47. The molecule has 1 atom stereocenters. The van der Waals surface area contributed by atoms with Gasteiger partial charge >= 0.3 is 0 Å². The van der Waals surface area contributed by atoms with Crippen LogP contribution >= 0.6 is 27.5 Å². The van der Waals surface area contributed by atoms with Gasteiger partial charge in [0.05, 0.1) is 4.29 Å². The molecule has 4 heteroatoms. The Bertz CT molecular complexity index is 424. The molecule has 0 saturated carbocycles. The summed E-state index contributed by atoms with van der Waals surface area (Å²) in [5, 5.41) is 0. The maximum absolute atomic E-state index is 6.78. The van der Waals surface area contributed by atoms with Crippen molar-refractivity contribution in [1.82, 2.24) is 0 Å². The molecule has 21 heavy (non-hydrogen) atoms. The summed E-state index contributed by atoms with van der Waals surface area (Å²) in [5.41, 5.74) is 2.90. The molecule has 0 aliphatic rings. The van der Waals surface area contributed by atoms with Crippen molar-refractivity contribution in [2.45, 2.75) is 68.9 Å². The lowest BCUT2D eigenvalue weighted by molar-refractivity contribution is 0.475. The molecular weight excluding hydrogens is 364 g/mol. The molecule has 0 saturated heterocycles. The molecule has 0 heterocycles. The van der Waals surface area contributed by atoms with E-state index < -0.39 is 8.32 Å². The van der Waals surface area contributed by atoms with Crippen molar-refractivity contribution in [3.8, 4) is 5.75 Å². The lowest BCUT2D eigenvalue weighted by atomic mass is 10.1. The molecule has 0 bridgehead atoms. The Hall–Kier alpha value is 0.00688. The van der Waals surface area contributed by atoms with Gasteiger partial charge in [0.1, 0.15) is 5.75 Å². The van der Waals surface area contributed by atoms with Crippen LogP contribution in [0.25, 0.3) is 0 Å². The molecule has 0 aromatic heterocycles. The van der Waals surface area contributed by atoms with E-state index in [4.69, 9.17) is 16.0 Å². The second kappa shape index (κ2) is 8.03. The van der Waals surface area contributed by atoms with Crippen LogP contribution in [0.15, 0.2) is 24.3 Å². The quantitative estimate of drug-likeness (QED) is 0.369. The van der Waals surface area contributed by atoms with Crippen LogP contribution in [0, 0.1) is 0 Å². The van der Waals surface area contributed by atoms with Crippen LogP contribution in [0.5, 0.6) is 5.75 Å². The topological polar surface area (TPSA) is 9.23 Å². The highest BCUT2D eigenvalue weighted by atomic mass is 79.9. The zero-order valence-electron chi connectivity index (χ0n) is 14.0. The van der Waals surface area contributed by atoms with E-state index in [0.29, 0.717) is 16.6 Å². The molecule has 0 radical (unpaired) electrons. The monoisotopic (exact) mass is 390 g/mol. The minimum Gasteiger partial charge on any atom is -0.543 e. The van der Waals surface area contributed by atoms with Gasteiger partial charge in [-0.2, -0.15) is 0 Å². The van der Waals surface area contributed by atoms with Gasteiger partial charge in [-0.1, -0.05) is 75.7 Å².